The molecule has 1 atom stereocenters. The Morgan fingerprint density at radius 1 is 0.431 bits per heavy atom. The van der Waals surface area contributed by atoms with Gasteiger partial charge in [0.25, 0.3) is 0 Å². The molecule has 10 rings (SSSR count). The first-order valence-corrected chi connectivity index (χ1v) is 18.4. The molecule has 1 aromatic heterocycles. The van der Waals surface area contributed by atoms with Gasteiger partial charge in [-0.15, -0.1) is 0 Å². The molecular weight excluding hydrogens is 615 g/mol. The molecule has 1 unspecified atom stereocenters. The number of hydrogen-bond acceptors (Lipinski definition) is 0. The fourth-order valence-electron chi connectivity index (χ4n) is 9.54. The molecule has 8 aromatic rings. The van der Waals surface area contributed by atoms with Crippen LogP contribution in [0.5, 0.6) is 0 Å². The molecule has 0 N–H and O–H groups in total. The summed E-state index contributed by atoms with van der Waals surface area (Å²) in [6, 6.07) is 59.4. The topological polar surface area (TPSA) is 4.93 Å². The predicted octanol–water partition coefficient (Wildman–Crippen LogP) is 12.8. The van der Waals surface area contributed by atoms with Gasteiger partial charge >= 0.3 is 0 Å². The van der Waals surface area contributed by atoms with Gasteiger partial charge < -0.3 is 4.57 Å². The molecule has 2 aliphatic carbocycles. The number of rotatable bonds is 5. The number of nitrogens with zero attached hydrogens (tertiary/aromatic N) is 1. The van der Waals surface area contributed by atoms with E-state index in [0.717, 1.165) is 6.42 Å². The van der Waals surface area contributed by atoms with Crippen LogP contribution >= 0.6 is 0 Å². The van der Waals surface area contributed by atoms with Crippen molar-refractivity contribution in [2.75, 3.05) is 0 Å². The molecule has 0 fully saturated rings. The highest BCUT2D eigenvalue weighted by Gasteiger charge is 2.37. The second-order valence-corrected chi connectivity index (χ2v) is 15.7. The van der Waals surface area contributed by atoms with Crippen molar-refractivity contribution in [1.82, 2.24) is 4.57 Å². The quantitative estimate of drug-likeness (QED) is 0.174. The van der Waals surface area contributed by atoms with Crippen molar-refractivity contribution in [3.63, 3.8) is 0 Å². The van der Waals surface area contributed by atoms with Crippen molar-refractivity contribution in [3.05, 3.63) is 197 Å². The summed E-state index contributed by atoms with van der Waals surface area (Å²) in [6.45, 7) is 9.55. The van der Waals surface area contributed by atoms with Crippen molar-refractivity contribution in [1.29, 1.82) is 0 Å². The van der Waals surface area contributed by atoms with E-state index in [1.807, 2.05) is 0 Å². The number of benzene rings is 7. The average molecular weight is 656 g/mol. The molecule has 0 radical (unpaired) electrons. The maximum Gasteiger partial charge on any atom is 0.0541 e. The summed E-state index contributed by atoms with van der Waals surface area (Å²) in [6.07, 6.45) is 0.925. The van der Waals surface area contributed by atoms with Crippen LogP contribution in [0.15, 0.2) is 158 Å². The molecule has 51 heavy (non-hydrogen) atoms. The van der Waals surface area contributed by atoms with Gasteiger partial charge in [0, 0.05) is 33.2 Å². The Morgan fingerprint density at radius 3 is 1.69 bits per heavy atom. The van der Waals surface area contributed by atoms with E-state index >= 15 is 0 Å². The monoisotopic (exact) mass is 655 g/mol. The molecule has 246 valence electrons. The Morgan fingerprint density at radius 2 is 0.961 bits per heavy atom. The third-order valence-corrected chi connectivity index (χ3v) is 12.2. The normalized spacial score (nSPS) is 15.4. The van der Waals surface area contributed by atoms with Crippen molar-refractivity contribution in [3.8, 4) is 27.9 Å². The Balaban J connectivity index is 1.15. The summed E-state index contributed by atoms with van der Waals surface area (Å²) in [4.78, 5) is 0. The standard InChI is InChI=1S/C50H41N/c1-49(2)43-19-11-8-16-36(43)38-25-22-32(29-45(38)49)28-41(34-23-26-39-37-17-9-12-20-44(37)50(3,4)46(39)31-34)33-24-27-48-42(30-33)40-18-10-13-21-47(40)51(48)35-14-6-5-7-15-35/h5-27,29-31,41H,28H2,1-4H3. The Hall–Kier alpha value is -5.66. The lowest BCUT2D eigenvalue weighted by Gasteiger charge is -2.25. The Labute approximate surface area is 300 Å². The summed E-state index contributed by atoms with van der Waals surface area (Å²) >= 11 is 0. The van der Waals surface area contributed by atoms with Gasteiger partial charge in [0.1, 0.15) is 0 Å². The van der Waals surface area contributed by atoms with Crippen molar-refractivity contribution in [2.45, 2.75) is 50.9 Å². The molecule has 1 heteroatoms. The number of para-hydroxylation sites is 2. The number of fused-ring (bicyclic) bond motifs is 9. The third kappa shape index (κ3) is 4.40. The van der Waals surface area contributed by atoms with E-state index in [0.29, 0.717) is 0 Å². The summed E-state index contributed by atoms with van der Waals surface area (Å²) in [5.74, 6) is 0.183. The predicted molar refractivity (Wildman–Crippen MR) is 214 cm³/mol. The van der Waals surface area contributed by atoms with Crippen LogP contribution in [0.3, 0.4) is 0 Å². The minimum absolute atomic E-state index is 0.0288. The molecule has 0 aliphatic heterocycles. The lowest BCUT2D eigenvalue weighted by Crippen LogP contribution is -2.16. The molecule has 0 saturated carbocycles. The molecule has 0 spiro atoms. The maximum atomic E-state index is 2.53. The molecule has 1 nitrogen and oxygen atoms in total. The smallest absolute Gasteiger partial charge is 0.0541 e. The van der Waals surface area contributed by atoms with Gasteiger partial charge in [-0.2, -0.15) is 0 Å². The van der Waals surface area contributed by atoms with Gasteiger partial charge in [0.05, 0.1) is 11.0 Å². The summed E-state index contributed by atoms with van der Waals surface area (Å²) in [5, 5.41) is 2.59. The van der Waals surface area contributed by atoms with Gasteiger partial charge in [0.2, 0.25) is 0 Å². The van der Waals surface area contributed by atoms with Crippen molar-refractivity contribution < 1.29 is 0 Å². The van der Waals surface area contributed by atoms with E-state index in [9.17, 15) is 0 Å². The molecular formula is C50H41N. The van der Waals surface area contributed by atoms with E-state index in [1.165, 1.54) is 88.7 Å². The van der Waals surface area contributed by atoms with E-state index in [4.69, 9.17) is 0 Å². The lowest BCUT2D eigenvalue weighted by molar-refractivity contribution is 0.655. The average Bonchev–Trinajstić information content (AvgIpc) is 3.71. The Bertz CT molecular complexity index is 2670. The van der Waals surface area contributed by atoms with E-state index in [-0.39, 0.29) is 16.7 Å². The maximum absolute atomic E-state index is 2.53. The molecule has 1 heterocycles. The highest BCUT2D eigenvalue weighted by molar-refractivity contribution is 6.09. The fraction of sp³-hybridized carbons (Fsp3) is 0.160. The van der Waals surface area contributed by atoms with Crippen LogP contribution in [0, 0.1) is 0 Å². The zero-order valence-electron chi connectivity index (χ0n) is 29.7. The summed E-state index contributed by atoms with van der Waals surface area (Å²) in [5.41, 5.74) is 18.9. The molecule has 0 bridgehead atoms. The zero-order chi connectivity index (χ0) is 34.5. The van der Waals surface area contributed by atoms with Gasteiger partial charge in [-0.25, -0.2) is 0 Å². The van der Waals surface area contributed by atoms with Gasteiger partial charge in [-0.3, -0.25) is 0 Å². The SMILES string of the molecule is CC1(C)c2ccccc2-c2ccc(CC(c3ccc4c(c3)C(C)(C)c3ccccc3-4)c3ccc4c(c3)c3ccccc3n4-c3ccccc3)cc21. The van der Waals surface area contributed by atoms with Crippen LogP contribution in [-0.2, 0) is 17.3 Å². The van der Waals surface area contributed by atoms with Crippen molar-refractivity contribution in [2.24, 2.45) is 0 Å². The van der Waals surface area contributed by atoms with Crippen LogP contribution in [0.25, 0.3) is 49.7 Å². The van der Waals surface area contributed by atoms with Gasteiger partial charge in [-0.05, 0) is 98.0 Å². The molecule has 0 saturated heterocycles. The minimum atomic E-state index is -0.0527. The minimum Gasteiger partial charge on any atom is -0.309 e. The van der Waals surface area contributed by atoms with Crippen molar-refractivity contribution >= 4 is 21.8 Å². The van der Waals surface area contributed by atoms with Gasteiger partial charge in [0.15, 0.2) is 0 Å². The highest BCUT2D eigenvalue weighted by Crippen LogP contribution is 2.51. The molecule has 2 aliphatic rings. The van der Waals surface area contributed by atoms with Crippen LogP contribution in [-0.4, -0.2) is 4.57 Å². The largest absolute Gasteiger partial charge is 0.309 e. The van der Waals surface area contributed by atoms with E-state index in [2.05, 4.69) is 190 Å². The lowest BCUT2D eigenvalue weighted by atomic mass is 9.78. The fourth-order valence-corrected chi connectivity index (χ4v) is 9.54. The van der Waals surface area contributed by atoms with Gasteiger partial charge in [-0.1, -0.05) is 155 Å². The van der Waals surface area contributed by atoms with Crippen LogP contribution in [0.1, 0.15) is 72.6 Å². The second kappa shape index (κ2) is 10.9. The summed E-state index contributed by atoms with van der Waals surface area (Å²) < 4.78 is 2.42. The first-order chi connectivity index (χ1) is 24.8. The van der Waals surface area contributed by atoms with Crippen LogP contribution < -0.4 is 0 Å². The first-order valence-electron chi connectivity index (χ1n) is 18.4. The molecule has 0 amide bonds. The first kappa shape index (κ1) is 30.2. The van der Waals surface area contributed by atoms with Crippen LogP contribution in [0.2, 0.25) is 0 Å². The second-order valence-electron chi connectivity index (χ2n) is 15.7. The van der Waals surface area contributed by atoms with E-state index in [1.54, 1.807) is 0 Å². The summed E-state index contributed by atoms with van der Waals surface area (Å²) in [7, 11) is 0. The van der Waals surface area contributed by atoms with Crippen LogP contribution in [0.4, 0.5) is 0 Å². The Kier molecular flexibility index (Phi) is 6.46. The number of hydrogen-bond donors (Lipinski definition) is 0. The van der Waals surface area contributed by atoms with E-state index < -0.39 is 0 Å². The molecule has 7 aromatic carbocycles. The zero-order valence-corrected chi connectivity index (χ0v) is 29.7. The number of aromatic nitrogens is 1. The highest BCUT2D eigenvalue weighted by atomic mass is 15.0. The third-order valence-electron chi connectivity index (χ3n) is 12.2.